The molecule has 104 valence electrons. The minimum atomic E-state index is -3.48. The van der Waals surface area contributed by atoms with Gasteiger partial charge >= 0.3 is 0 Å². The van der Waals surface area contributed by atoms with E-state index in [9.17, 15) is 8.42 Å². The van der Waals surface area contributed by atoms with Gasteiger partial charge in [-0.05, 0) is 33.4 Å². The SMILES string of the molecule is CCN(Cc1cccs1)S(=O)(=O)c1cc(Cl)c(Br)s1. The maximum Gasteiger partial charge on any atom is 0.252 e. The van der Waals surface area contributed by atoms with Gasteiger partial charge in [-0.2, -0.15) is 4.31 Å². The van der Waals surface area contributed by atoms with Crippen LogP contribution in [0.15, 0.2) is 31.6 Å². The zero-order valence-corrected chi connectivity index (χ0v) is 14.8. The molecule has 0 aliphatic heterocycles. The van der Waals surface area contributed by atoms with Gasteiger partial charge in [-0.15, -0.1) is 22.7 Å². The fourth-order valence-electron chi connectivity index (χ4n) is 1.52. The van der Waals surface area contributed by atoms with Gasteiger partial charge in [0.1, 0.15) is 4.21 Å². The number of hydrogen-bond donors (Lipinski definition) is 0. The summed E-state index contributed by atoms with van der Waals surface area (Å²) in [5, 5.41) is 2.37. The first kappa shape index (κ1) is 15.5. The number of hydrogen-bond acceptors (Lipinski definition) is 4. The van der Waals surface area contributed by atoms with Crippen LogP contribution in [0.4, 0.5) is 0 Å². The Morgan fingerprint density at radius 3 is 2.68 bits per heavy atom. The monoisotopic (exact) mass is 399 g/mol. The molecular formula is C11H11BrClNO2S3. The average Bonchev–Trinajstić information content (AvgIpc) is 2.97. The zero-order valence-electron chi connectivity index (χ0n) is 9.97. The molecule has 2 aromatic rings. The Morgan fingerprint density at radius 2 is 2.21 bits per heavy atom. The van der Waals surface area contributed by atoms with Crippen LogP contribution in [-0.2, 0) is 16.6 Å². The molecule has 0 unspecified atom stereocenters. The van der Waals surface area contributed by atoms with Crippen molar-refractivity contribution in [1.82, 2.24) is 4.31 Å². The van der Waals surface area contributed by atoms with E-state index in [1.807, 2.05) is 24.4 Å². The van der Waals surface area contributed by atoms with E-state index in [0.29, 0.717) is 21.9 Å². The summed E-state index contributed by atoms with van der Waals surface area (Å²) < 4.78 is 27.4. The highest BCUT2D eigenvalue weighted by atomic mass is 79.9. The van der Waals surface area contributed by atoms with Gasteiger partial charge in [0.05, 0.1) is 8.81 Å². The van der Waals surface area contributed by atoms with Gasteiger partial charge in [0.2, 0.25) is 0 Å². The number of thiophene rings is 2. The summed E-state index contributed by atoms with van der Waals surface area (Å²) in [6.45, 7) is 2.65. The fraction of sp³-hybridized carbons (Fsp3) is 0.273. The molecule has 0 amide bonds. The van der Waals surface area contributed by atoms with Crippen molar-refractivity contribution in [1.29, 1.82) is 0 Å². The van der Waals surface area contributed by atoms with Gasteiger partial charge < -0.3 is 0 Å². The molecule has 0 bridgehead atoms. The fourth-order valence-corrected chi connectivity index (χ4v) is 6.31. The van der Waals surface area contributed by atoms with Gasteiger partial charge in [-0.25, -0.2) is 8.42 Å². The smallest absolute Gasteiger partial charge is 0.206 e. The van der Waals surface area contributed by atoms with Crippen LogP contribution in [0.5, 0.6) is 0 Å². The third kappa shape index (κ3) is 3.40. The Bertz CT molecular complexity index is 632. The van der Waals surface area contributed by atoms with Crippen molar-refractivity contribution in [3.63, 3.8) is 0 Å². The normalized spacial score (nSPS) is 12.2. The first-order valence-electron chi connectivity index (χ1n) is 5.42. The molecule has 2 aromatic heterocycles. The summed E-state index contributed by atoms with van der Waals surface area (Å²) in [5.74, 6) is 0. The molecule has 8 heteroatoms. The Kier molecular flexibility index (Phi) is 5.08. The van der Waals surface area contributed by atoms with E-state index in [4.69, 9.17) is 11.6 Å². The van der Waals surface area contributed by atoms with Gasteiger partial charge in [0, 0.05) is 18.0 Å². The van der Waals surface area contributed by atoms with E-state index in [1.54, 1.807) is 11.3 Å². The van der Waals surface area contributed by atoms with E-state index in [1.165, 1.54) is 10.4 Å². The second-order valence-electron chi connectivity index (χ2n) is 3.70. The van der Waals surface area contributed by atoms with Crippen LogP contribution in [0.3, 0.4) is 0 Å². The largest absolute Gasteiger partial charge is 0.252 e. The van der Waals surface area contributed by atoms with Gasteiger partial charge in [-0.3, -0.25) is 0 Å². The molecule has 0 saturated carbocycles. The molecule has 0 aliphatic rings. The van der Waals surface area contributed by atoms with Crippen LogP contribution in [0.1, 0.15) is 11.8 Å². The lowest BCUT2D eigenvalue weighted by Crippen LogP contribution is -2.29. The summed E-state index contributed by atoms with van der Waals surface area (Å²) in [5.41, 5.74) is 0. The lowest BCUT2D eigenvalue weighted by Gasteiger charge is -2.18. The van der Waals surface area contributed by atoms with Crippen LogP contribution < -0.4 is 0 Å². The second-order valence-corrected chi connectivity index (χ2v) is 9.67. The van der Waals surface area contributed by atoms with Gasteiger partial charge in [0.15, 0.2) is 0 Å². The minimum absolute atomic E-state index is 0.266. The first-order valence-corrected chi connectivity index (χ1v) is 9.73. The van der Waals surface area contributed by atoms with Crippen LogP contribution in [-0.4, -0.2) is 19.3 Å². The number of rotatable bonds is 5. The van der Waals surface area contributed by atoms with Crippen molar-refractivity contribution >= 4 is 60.2 Å². The Balaban J connectivity index is 2.30. The molecule has 0 spiro atoms. The molecule has 0 N–H and O–H groups in total. The second kappa shape index (κ2) is 6.24. The molecule has 0 saturated heterocycles. The highest BCUT2D eigenvalue weighted by Crippen LogP contribution is 2.36. The van der Waals surface area contributed by atoms with E-state index in [0.717, 1.165) is 16.2 Å². The van der Waals surface area contributed by atoms with Gasteiger partial charge in [-0.1, -0.05) is 24.6 Å². The van der Waals surface area contributed by atoms with E-state index < -0.39 is 10.0 Å². The zero-order chi connectivity index (χ0) is 14.0. The lowest BCUT2D eigenvalue weighted by atomic mass is 10.4. The van der Waals surface area contributed by atoms with E-state index >= 15 is 0 Å². The van der Waals surface area contributed by atoms with Crippen LogP contribution in [0.25, 0.3) is 0 Å². The molecule has 0 fully saturated rings. The predicted molar refractivity (Wildman–Crippen MR) is 84.6 cm³/mol. The van der Waals surface area contributed by atoms with Crippen molar-refractivity contribution in [2.45, 2.75) is 17.7 Å². The predicted octanol–water partition coefficient (Wildman–Crippen LogP) is 4.44. The molecule has 0 radical (unpaired) electrons. The molecule has 19 heavy (non-hydrogen) atoms. The minimum Gasteiger partial charge on any atom is -0.206 e. The molecule has 0 aliphatic carbocycles. The third-order valence-electron chi connectivity index (χ3n) is 2.48. The Labute approximate surface area is 134 Å². The summed E-state index contributed by atoms with van der Waals surface area (Å²) >= 11 is 11.8. The van der Waals surface area contributed by atoms with Crippen LogP contribution >= 0.6 is 50.2 Å². The third-order valence-corrected chi connectivity index (χ3v) is 8.19. The quantitative estimate of drug-likeness (QED) is 0.744. The summed E-state index contributed by atoms with van der Waals surface area (Å²) in [4.78, 5) is 1.02. The van der Waals surface area contributed by atoms with Crippen LogP contribution in [0, 0.1) is 0 Å². The standard InChI is InChI=1S/C11H11BrClNO2S3/c1-2-14(7-8-4-3-5-17-8)19(15,16)10-6-9(13)11(12)18-10/h3-6H,2,7H2,1H3. The molecule has 2 heterocycles. The van der Waals surface area contributed by atoms with Crippen molar-refractivity contribution in [2.24, 2.45) is 0 Å². The maximum absolute atomic E-state index is 12.5. The average molecular weight is 401 g/mol. The number of sulfonamides is 1. The first-order chi connectivity index (χ1) is 8.95. The summed E-state index contributed by atoms with van der Waals surface area (Å²) in [7, 11) is -3.48. The van der Waals surface area contributed by atoms with Gasteiger partial charge in [0.25, 0.3) is 10.0 Å². The topological polar surface area (TPSA) is 37.4 Å². The van der Waals surface area contributed by atoms with E-state index in [2.05, 4.69) is 15.9 Å². The highest BCUT2D eigenvalue weighted by Gasteiger charge is 2.26. The Morgan fingerprint density at radius 1 is 1.47 bits per heavy atom. The molecule has 3 nitrogen and oxygen atoms in total. The molecular weight excluding hydrogens is 390 g/mol. The highest BCUT2D eigenvalue weighted by molar-refractivity contribution is 9.11. The van der Waals surface area contributed by atoms with Crippen molar-refractivity contribution < 1.29 is 8.42 Å². The Hall–Kier alpha value is 0.0800. The van der Waals surface area contributed by atoms with E-state index in [-0.39, 0.29) is 4.21 Å². The molecule has 0 aromatic carbocycles. The van der Waals surface area contributed by atoms with Crippen molar-refractivity contribution in [2.75, 3.05) is 6.54 Å². The van der Waals surface area contributed by atoms with Crippen molar-refractivity contribution in [3.8, 4) is 0 Å². The summed E-state index contributed by atoms with van der Waals surface area (Å²) in [6, 6.07) is 5.34. The number of nitrogens with zero attached hydrogens (tertiary/aromatic N) is 1. The maximum atomic E-state index is 12.5. The molecule has 0 atom stereocenters. The van der Waals surface area contributed by atoms with Crippen molar-refractivity contribution in [3.05, 3.63) is 37.3 Å². The lowest BCUT2D eigenvalue weighted by molar-refractivity contribution is 0.428. The van der Waals surface area contributed by atoms with Crippen LogP contribution in [0.2, 0.25) is 5.02 Å². The molecule has 2 rings (SSSR count). The summed E-state index contributed by atoms with van der Waals surface area (Å²) in [6.07, 6.45) is 0. The number of halogens is 2.